The lowest BCUT2D eigenvalue weighted by Crippen LogP contribution is -2.45. The number of para-hydroxylation sites is 1. The molecule has 1 saturated heterocycles. The molecule has 1 aliphatic heterocycles. The van der Waals surface area contributed by atoms with E-state index >= 15 is 0 Å². The second-order valence-corrected chi connectivity index (χ2v) is 8.89. The fourth-order valence-electron chi connectivity index (χ4n) is 5.05. The van der Waals surface area contributed by atoms with Crippen molar-refractivity contribution in [2.75, 3.05) is 13.1 Å². The van der Waals surface area contributed by atoms with Crippen molar-refractivity contribution >= 4 is 6.03 Å². The molecule has 2 aliphatic carbocycles. The average molecular weight is 394 g/mol. The van der Waals surface area contributed by atoms with Gasteiger partial charge in [-0.2, -0.15) is 5.10 Å². The number of urea groups is 1. The van der Waals surface area contributed by atoms with Gasteiger partial charge in [0.25, 0.3) is 0 Å². The zero-order valence-electron chi connectivity index (χ0n) is 17.0. The van der Waals surface area contributed by atoms with E-state index in [0.717, 1.165) is 37.7 Å². The molecule has 0 spiro atoms. The van der Waals surface area contributed by atoms with Crippen molar-refractivity contribution in [1.82, 2.24) is 25.3 Å². The Morgan fingerprint density at radius 3 is 2.69 bits per heavy atom. The van der Waals surface area contributed by atoms with Crippen molar-refractivity contribution in [3.63, 3.8) is 0 Å². The molecule has 2 amide bonds. The normalized spacial score (nSPS) is 27.7. The van der Waals surface area contributed by atoms with E-state index in [1.807, 2.05) is 41.2 Å². The maximum absolute atomic E-state index is 12.5. The van der Waals surface area contributed by atoms with Crippen LogP contribution >= 0.6 is 0 Å². The Morgan fingerprint density at radius 2 is 1.86 bits per heavy atom. The van der Waals surface area contributed by atoms with E-state index in [0.29, 0.717) is 5.92 Å². The van der Waals surface area contributed by atoms with Crippen LogP contribution in [-0.2, 0) is 0 Å². The number of nitrogens with one attached hydrogen (secondary N) is 2. The first-order chi connectivity index (χ1) is 14.3. The highest BCUT2D eigenvalue weighted by molar-refractivity contribution is 5.75. The fraction of sp³-hybridized carbons (Fsp3) is 0.565. The molecule has 154 valence electrons. The monoisotopic (exact) mass is 393 g/mol. The molecule has 29 heavy (non-hydrogen) atoms. The van der Waals surface area contributed by atoms with Crippen LogP contribution in [-0.4, -0.2) is 51.9 Å². The Hall–Kier alpha value is -2.34. The topological polar surface area (TPSA) is 62.2 Å². The molecule has 5 rings (SSSR count). The van der Waals surface area contributed by atoms with Crippen molar-refractivity contribution in [2.24, 2.45) is 0 Å². The number of likely N-dealkylation sites (tertiary alicyclic amines) is 1. The maximum Gasteiger partial charge on any atom is 0.315 e. The van der Waals surface area contributed by atoms with Gasteiger partial charge in [0.05, 0.1) is 11.9 Å². The Bertz CT molecular complexity index is 829. The van der Waals surface area contributed by atoms with E-state index in [-0.39, 0.29) is 18.1 Å². The molecule has 2 saturated carbocycles. The Morgan fingerprint density at radius 1 is 1.03 bits per heavy atom. The predicted octanol–water partition coefficient (Wildman–Crippen LogP) is 3.43. The summed E-state index contributed by atoms with van der Waals surface area (Å²) in [5.74, 6) is 0.375. The molecule has 1 unspecified atom stereocenters. The molecule has 2 N–H and O–H groups in total. The van der Waals surface area contributed by atoms with E-state index < -0.39 is 0 Å². The number of amides is 2. The number of carbonyl (C=O) groups excluding carboxylic acids is 1. The van der Waals surface area contributed by atoms with Gasteiger partial charge in [0, 0.05) is 43.3 Å². The first-order valence-corrected chi connectivity index (χ1v) is 11.2. The fourth-order valence-corrected chi connectivity index (χ4v) is 5.05. The third kappa shape index (κ3) is 4.32. The SMILES string of the molecule is O=C(NC1CCN(C2CCCCC2)C1)N[C@@H]1C[C@H]1c1cnn(-c2ccccc2)c1. The number of aromatic nitrogens is 2. The number of carbonyl (C=O) groups is 1. The van der Waals surface area contributed by atoms with Gasteiger partial charge in [-0.3, -0.25) is 4.90 Å². The summed E-state index contributed by atoms with van der Waals surface area (Å²) in [6, 6.07) is 11.4. The van der Waals surface area contributed by atoms with Gasteiger partial charge in [-0.1, -0.05) is 37.5 Å². The number of benzene rings is 1. The molecule has 2 heterocycles. The van der Waals surface area contributed by atoms with E-state index in [4.69, 9.17) is 0 Å². The number of hydrogen-bond donors (Lipinski definition) is 2. The third-order valence-corrected chi connectivity index (χ3v) is 6.80. The van der Waals surface area contributed by atoms with Gasteiger partial charge in [-0.05, 0) is 43.4 Å². The largest absolute Gasteiger partial charge is 0.335 e. The summed E-state index contributed by atoms with van der Waals surface area (Å²) in [5, 5.41) is 10.9. The van der Waals surface area contributed by atoms with Crippen LogP contribution in [0.5, 0.6) is 0 Å². The molecule has 6 heteroatoms. The quantitative estimate of drug-likeness (QED) is 0.818. The summed E-state index contributed by atoms with van der Waals surface area (Å²) in [6.45, 7) is 2.14. The maximum atomic E-state index is 12.5. The molecule has 1 aromatic heterocycles. The van der Waals surface area contributed by atoms with Crippen LogP contribution < -0.4 is 10.6 Å². The lowest BCUT2D eigenvalue weighted by atomic mass is 9.94. The molecule has 6 nitrogen and oxygen atoms in total. The molecule has 3 fully saturated rings. The van der Waals surface area contributed by atoms with Crippen molar-refractivity contribution < 1.29 is 4.79 Å². The van der Waals surface area contributed by atoms with Gasteiger partial charge in [0.1, 0.15) is 0 Å². The van der Waals surface area contributed by atoms with Crippen LogP contribution in [0.2, 0.25) is 0 Å². The third-order valence-electron chi connectivity index (χ3n) is 6.80. The van der Waals surface area contributed by atoms with Crippen LogP contribution in [0.25, 0.3) is 5.69 Å². The Balaban J connectivity index is 1.08. The molecule has 1 aromatic carbocycles. The number of nitrogens with zero attached hydrogens (tertiary/aromatic N) is 3. The molecule has 3 aliphatic rings. The number of hydrogen-bond acceptors (Lipinski definition) is 3. The van der Waals surface area contributed by atoms with Gasteiger partial charge in [-0.25, -0.2) is 9.48 Å². The van der Waals surface area contributed by atoms with Crippen molar-refractivity contribution in [3.05, 3.63) is 48.3 Å². The van der Waals surface area contributed by atoms with Crippen molar-refractivity contribution in [2.45, 2.75) is 69.0 Å². The van der Waals surface area contributed by atoms with E-state index in [9.17, 15) is 4.79 Å². The summed E-state index contributed by atoms with van der Waals surface area (Å²) in [6.07, 6.45) is 12.9. The van der Waals surface area contributed by atoms with Gasteiger partial charge in [0.2, 0.25) is 0 Å². The van der Waals surface area contributed by atoms with Crippen LogP contribution in [0.15, 0.2) is 42.7 Å². The molecular formula is C23H31N5O. The molecular weight excluding hydrogens is 362 g/mol. The summed E-state index contributed by atoms with van der Waals surface area (Å²) >= 11 is 0. The average Bonchev–Trinajstić information content (AvgIpc) is 3.16. The summed E-state index contributed by atoms with van der Waals surface area (Å²) in [7, 11) is 0. The molecule has 3 atom stereocenters. The van der Waals surface area contributed by atoms with Crippen LogP contribution in [0, 0.1) is 0 Å². The van der Waals surface area contributed by atoms with E-state index in [1.165, 1.54) is 37.7 Å². The number of rotatable bonds is 5. The summed E-state index contributed by atoms with van der Waals surface area (Å²) in [5.41, 5.74) is 2.26. The minimum Gasteiger partial charge on any atom is -0.335 e. The zero-order valence-corrected chi connectivity index (χ0v) is 17.0. The highest BCUT2D eigenvalue weighted by Crippen LogP contribution is 2.40. The van der Waals surface area contributed by atoms with Gasteiger partial charge in [-0.15, -0.1) is 0 Å². The lowest BCUT2D eigenvalue weighted by Gasteiger charge is -2.31. The van der Waals surface area contributed by atoms with Crippen LogP contribution in [0.3, 0.4) is 0 Å². The van der Waals surface area contributed by atoms with E-state index in [2.05, 4.69) is 26.8 Å². The molecule has 0 radical (unpaired) electrons. The lowest BCUT2D eigenvalue weighted by molar-refractivity contribution is 0.186. The second kappa shape index (κ2) is 8.19. The Labute approximate surface area is 172 Å². The van der Waals surface area contributed by atoms with E-state index in [1.54, 1.807) is 0 Å². The van der Waals surface area contributed by atoms with Gasteiger partial charge >= 0.3 is 6.03 Å². The van der Waals surface area contributed by atoms with Crippen LogP contribution in [0.1, 0.15) is 56.4 Å². The van der Waals surface area contributed by atoms with Crippen LogP contribution in [0.4, 0.5) is 4.79 Å². The Kier molecular flexibility index (Phi) is 5.27. The smallest absolute Gasteiger partial charge is 0.315 e. The highest BCUT2D eigenvalue weighted by atomic mass is 16.2. The second-order valence-electron chi connectivity index (χ2n) is 8.89. The first kappa shape index (κ1) is 18.7. The first-order valence-electron chi connectivity index (χ1n) is 11.2. The molecule has 0 bridgehead atoms. The summed E-state index contributed by atoms with van der Waals surface area (Å²) in [4.78, 5) is 15.1. The highest BCUT2D eigenvalue weighted by Gasteiger charge is 2.41. The zero-order chi connectivity index (χ0) is 19.6. The standard InChI is InChI=1S/C23H31N5O/c29-23(25-18-11-12-27(16-18)19-7-3-1-4-8-19)26-22-13-21(22)17-14-24-28(15-17)20-9-5-2-6-10-20/h2,5-6,9-10,14-15,18-19,21-22H,1,3-4,7-8,11-13,16H2,(H2,25,26,29)/t18?,21-,22+/m0/s1. The van der Waals surface area contributed by atoms with Crippen molar-refractivity contribution in [1.29, 1.82) is 0 Å². The molecule has 2 aromatic rings. The van der Waals surface area contributed by atoms with Gasteiger partial charge in [0.15, 0.2) is 0 Å². The predicted molar refractivity (Wildman–Crippen MR) is 113 cm³/mol. The van der Waals surface area contributed by atoms with Gasteiger partial charge < -0.3 is 10.6 Å². The summed E-state index contributed by atoms with van der Waals surface area (Å²) < 4.78 is 1.91. The minimum atomic E-state index is -0.0107. The minimum absolute atomic E-state index is 0.0107. The van der Waals surface area contributed by atoms with Crippen molar-refractivity contribution in [3.8, 4) is 5.69 Å².